The van der Waals surface area contributed by atoms with Crippen molar-refractivity contribution in [2.45, 2.75) is 0 Å². The highest BCUT2D eigenvalue weighted by Crippen LogP contribution is 2.24. The first-order valence-electron chi connectivity index (χ1n) is 4.51. The zero-order chi connectivity index (χ0) is 11.4. The molecule has 2 aromatic heterocycles. The molecule has 0 saturated heterocycles. The average Bonchev–Trinajstić information content (AvgIpc) is 2.80. The first kappa shape index (κ1) is 11.1. The standard InChI is InChI=1S/C10H9N3OS2/c1-14-13-9(15)8-6-12-10(16-8)7-3-2-4-11-5-7/h2-6H,1H3,(H,13,15). The summed E-state index contributed by atoms with van der Waals surface area (Å²) in [5.74, 6) is 0. The molecule has 2 heterocycles. The monoisotopic (exact) mass is 251 g/mol. The lowest BCUT2D eigenvalue weighted by molar-refractivity contribution is 0.147. The van der Waals surface area contributed by atoms with Crippen LogP contribution in [0.2, 0.25) is 0 Å². The highest BCUT2D eigenvalue weighted by atomic mass is 32.1. The van der Waals surface area contributed by atoms with Crippen molar-refractivity contribution in [1.29, 1.82) is 0 Å². The maximum atomic E-state index is 5.10. The van der Waals surface area contributed by atoms with Crippen molar-refractivity contribution in [2.24, 2.45) is 0 Å². The lowest BCUT2D eigenvalue weighted by Gasteiger charge is -1.99. The first-order valence-corrected chi connectivity index (χ1v) is 5.73. The largest absolute Gasteiger partial charge is 0.279 e. The molecule has 0 fully saturated rings. The van der Waals surface area contributed by atoms with Gasteiger partial charge >= 0.3 is 0 Å². The molecule has 2 aromatic rings. The Morgan fingerprint density at radius 2 is 2.38 bits per heavy atom. The van der Waals surface area contributed by atoms with E-state index in [4.69, 9.17) is 17.1 Å². The van der Waals surface area contributed by atoms with Crippen molar-refractivity contribution in [1.82, 2.24) is 15.4 Å². The number of nitrogens with zero attached hydrogens (tertiary/aromatic N) is 2. The Morgan fingerprint density at radius 3 is 3.06 bits per heavy atom. The zero-order valence-corrected chi connectivity index (χ0v) is 10.1. The van der Waals surface area contributed by atoms with E-state index in [1.54, 1.807) is 18.6 Å². The maximum Gasteiger partial charge on any atom is 0.142 e. The van der Waals surface area contributed by atoms with Gasteiger partial charge in [-0.2, -0.15) is 0 Å². The van der Waals surface area contributed by atoms with Crippen molar-refractivity contribution in [2.75, 3.05) is 7.11 Å². The van der Waals surface area contributed by atoms with E-state index in [1.807, 2.05) is 12.1 Å². The van der Waals surface area contributed by atoms with Gasteiger partial charge in [-0.1, -0.05) is 12.2 Å². The Hall–Kier alpha value is -1.37. The second kappa shape index (κ2) is 5.11. The molecule has 6 heteroatoms. The smallest absolute Gasteiger partial charge is 0.142 e. The Kier molecular flexibility index (Phi) is 3.55. The minimum atomic E-state index is 0.537. The van der Waals surface area contributed by atoms with Gasteiger partial charge in [0.2, 0.25) is 0 Å². The van der Waals surface area contributed by atoms with E-state index in [-0.39, 0.29) is 0 Å². The van der Waals surface area contributed by atoms with E-state index in [9.17, 15) is 0 Å². The second-order valence-corrected chi connectivity index (χ2v) is 4.35. The summed E-state index contributed by atoms with van der Waals surface area (Å²) in [6.07, 6.45) is 5.23. The number of hydrogen-bond donors (Lipinski definition) is 1. The molecule has 0 radical (unpaired) electrons. The molecule has 0 aromatic carbocycles. The van der Waals surface area contributed by atoms with Gasteiger partial charge in [0.25, 0.3) is 0 Å². The number of aromatic nitrogens is 2. The summed E-state index contributed by atoms with van der Waals surface area (Å²) >= 11 is 6.60. The number of pyridine rings is 1. The van der Waals surface area contributed by atoms with E-state index in [0.29, 0.717) is 4.99 Å². The van der Waals surface area contributed by atoms with Crippen molar-refractivity contribution in [3.63, 3.8) is 0 Å². The normalized spacial score (nSPS) is 10.1. The fraction of sp³-hybridized carbons (Fsp3) is 0.100. The Balaban J connectivity index is 2.23. The van der Waals surface area contributed by atoms with Crippen molar-refractivity contribution in [3.8, 4) is 10.6 Å². The van der Waals surface area contributed by atoms with Gasteiger partial charge < -0.3 is 0 Å². The van der Waals surface area contributed by atoms with Gasteiger partial charge in [-0.15, -0.1) is 11.3 Å². The van der Waals surface area contributed by atoms with Gasteiger partial charge in [0.15, 0.2) is 0 Å². The van der Waals surface area contributed by atoms with Crippen molar-refractivity contribution in [3.05, 3.63) is 35.6 Å². The fourth-order valence-corrected chi connectivity index (χ4v) is 2.20. The highest BCUT2D eigenvalue weighted by Gasteiger charge is 2.08. The van der Waals surface area contributed by atoms with Crippen LogP contribution in [0.15, 0.2) is 30.7 Å². The molecule has 0 aliphatic carbocycles. The molecule has 0 unspecified atom stereocenters. The van der Waals surface area contributed by atoms with Crippen LogP contribution < -0.4 is 5.48 Å². The number of rotatable bonds is 3. The summed E-state index contributed by atoms with van der Waals surface area (Å²) in [6.45, 7) is 0. The van der Waals surface area contributed by atoms with Crippen LogP contribution in [0.1, 0.15) is 4.88 Å². The maximum absolute atomic E-state index is 5.10. The van der Waals surface area contributed by atoms with Crippen LogP contribution in [0, 0.1) is 0 Å². The fourth-order valence-electron chi connectivity index (χ4n) is 1.14. The molecule has 2 rings (SSSR count). The van der Waals surface area contributed by atoms with E-state index in [0.717, 1.165) is 15.4 Å². The lowest BCUT2D eigenvalue weighted by atomic mass is 10.3. The van der Waals surface area contributed by atoms with Crippen LogP contribution in [0.3, 0.4) is 0 Å². The summed E-state index contributed by atoms with van der Waals surface area (Å²) in [7, 11) is 1.52. The molecule has 0 amide bonds. The van der Waals surface area contributed by atoms with Crippen LogP contribution in [0.4, 0.5) is 0 Å². The molecule has 0 aliphatic rings. The molecule has 0 saturated carbocycles. The van der Waals surface area contributed by atoms with E-state index >= 15 is 0 Å². The Morgan fingerprint density at radius 1 is 1.50 bits per heavy atom. The van der Waals surface area contributed by atoms with E-state index in [2.05, 4.69) is 15.4 Å². The number of nitrogens with one attached hydrogen (secondary N) is 1. The number of thiocarbonyl (C=S) groups is 1. The van der Waals surface area contributed by atoms with Crippen LogP contribution in [0.5, 0.6) is 0 Å². The van der Waals surface area contributed by atoms with Gasteiger partial charge in [-0.3, -0.25) is 15.3 Å². The summed E-state index contributed by atoms with van der Waals surface area (Å²) in [5, 5.41) is 0.892. The molecule has 16 heavy (non-hydrogen) atoms. The quantitative estimate of drug-likeness (QED) is 0.668. The molecular weight excluding hydrogens is 242 g/mol. The summed E-state index contributed by atoms with van der Waals surface area (Å²) < 4.78 is 0. The molecular formula is C10H9N3OS2. The Labute approximate surface area is 102 Å². The number of hydroxylamine groups is 1. The third-order valence-corrected chi connectivity index (χ3v) is 3.33. The van der Waals surface area contributed by atoms with E-state index < -0.39 is 0 Å². The van der Waals surface area contributed by atoms with Gasteiger partial charge in [0.05, 0.1) is 12.0 Å². The van der Waals surface area contributed by atoms with Crippen LogP contribution >= 0.6 is 23.6 Å². The van der Waals surface area contributed by atoms with Gasteiger partial charge in [0, 0.05) is 24.2 Å². The number of hydrogen-bond acceptors (Lipinski definition) is 5. The van der Waals surface area contributed by atoms with Gasteiger partial charge in [-0.25, -0.2) is 4.98 Å². The minimum absolute atomic E-state index is 0.537. The summed E-state index contributed by atoms with van der Waals surface area (Å²) in [6, 6.07) is 3.84. The minimum Gasteiger partial charge on any atom is -0.279 e. The molecule has 4 nitrogen and oxygen atoms in total. The second-order valence-electron chi connectivity index (χ2n) is 2.91. The molecule has 0 atom stereocenters. The predicted molar refractivity (Wildman–Crippen MR) is 67.2 cm³/mol. The zero-order valence-electron chi connectivity index (χ0n) is 8.51. The highest BCUT2D eigenvalue weighted by molar-refractivity contribution is 7.81. The molecule has 82 valence electrons. The van der Waals surface area contributed by atoms with Crippen LogP contribution in [0.25, 0.3) is 10.6 Å². The lowest BCUT2D eigenvalue weighted by Crippen LogP contribution is -2.19. The third kappa shape index (κ3) is 2.41. The third-order valence-electron chi connectivity index (χ3n) is 1.83. The SMILES string of the molecule is CONC(=S)c1cnc(-c2cccnc2)s1. The molecule has 1 N–H and O–H groups in total. The van der Waals surface area contributed by atoms with Gasteiger partial charge in [-0.05, 0) is 12.1 Å². The average molecular weight is 251 g/mol. The molecule has 0 aliphatic heterocycles. The first-order chi connectivity index (χ1) is 7.81. The molecule has 0 spiro atoms. The molecule has 0 bridgehead atoms. The van der Waals surface area contributed by atoms with Crippen molar-refractivity contribution >= 4 is 28.5 Å². The van der Waals surface area contributed by atoms with Crippen LogP contribution in [-0.2, 0) is 4.84 Å². The van der Waals surface area contributed by atoms with Crippen LogP contribution in [-0.4, -0.2) is 22.1 Å². The van der Waals surface area contributed by atoms with Gasteiger partial charge in [0.1, 0.15) is 10.00 Å². The summed E-state index contributed by atoms with van der Waals surface area (Å²) in [4.78, 5) is 14.5. The number of thiazole rings is 1. The summed E-state index contributed by atoms with van der Waals surface area (Å²) in [5.41, 5.74) is 3.60. The predicted octanol–water partition coefficient (Wildman–Crippen LogP) is 2.03. The van der Waals surface area contributed by atoms with E-state index in [1.165, 1.54) is 18.4 Å². The topological polar surface area (TPSA) is 47.0 Å². The Bertz CT molecular complexity index is 484. The van der Waals surface area contributed by atoms with Crippen molar-refractivity contribution < 1.29 is 4.84 Å².